The zero-order chi connectivity index (χ0) is 38.4. The Bertz CT molecular complexity index is 3260. The van der Waals surface area contributed by atoms with Crippen LogP contribution in [0.15, 0.2) is 206 Å². The predicted octanol–water partition coefficient (Wildman–Crippen LogP) is 14.2. The van der Waals surface area contributed by atoms with Crippen molar-refractivity contribution in [1.29, 1.82) is 0 Å². The smallest absolute Gasteiger partial charge is 0.160 e. The quantitative estimate of drug-likeness (QED) is 0.163. The van der Waals surface area contributed by atoms with Crippen LogP contribution in [-0.4, -0.2) is 19.5 Å². The molecule has 0 radical (unpaired) electrons. The Morgan fingerprint density at radius 3 is 1.78 bits per heavy atom. The van der Waals surface area contributed by atoms with Gasteiger partial charge in [0, 0.05) is 48.1 Å². The number of para-hydroxylation sites is 3. The van der Waals surface area contributed by atoms with Crippen LogP contribution in [0.2, 0.25) is 0 Å². The number of hydrogen-bond donors (Lipinski definition) is 0. The van der Waals surface area contributed by atoms with Crippen LogP contribution in [-0.2, 0) is 0 Å². The maximum absolute atomic E-state index is 5.28. The lowest BCUT2D eigenvalue weighted by molar-refractivity contribution is 1.10. The summed E-state index contributed by atoms with van der Waals surface area (Å²) < 4.78 is 4.81. The van der Waals surface area contributed by atoms with Crippen molar-refractivity contribution in [2.75, 3.05) is 0 Å². The first-order valence-electron chi connectivity index (χ1n) is 19.4. The van der Waals surface area contributed by atoms with Gasteiger partial charge in [0.1, 0.15) is 5.82 Å². The molecule has 0 aliphatic rings. The summed E-state index contributed by atoms with van der Waals surface area (Å²) in [7, 11) is 0. The zero-order valence-corrected chi connectivity index (χ0v) is 32.1. The molecule has 3 aromatic heterocycles. The molecule has 0 aliphatic heterocycles. The van der Waals surface area contributed by atoms with Gasteiger partial charge in [-0.15, -0.1) is 11.3 Å². The topological polar surface area (TPSA) is 43.6 Å². The number of benzene rings is 8. The fourth-order valence-corrected chi connectivity index (χ4v) is 9.25. The van der Waals surface area contributed by atoms with E-state index < -0.39 is 0 Å². The van der Waals surface area contributed by atoms with Crippen molar-refractivity contribution in [2.45, 2.75) is 0 Å². The van der Waals surface area contributed by atoms with E-state index in [1.165, 1.54) is 25.7 Å². The molecule has 3 heterocycles. The van der Waals surface area contributed by atoms with E-state index in [1.807, 2.05) is 41.7 Å². The molecule has 0 saturated carbocycles. The van der Waals surface area contributed by atoms with E-state index >= 15 is 0 Å². The standard InChI is InChI=1S/C53H34N4S/c1-4-15-35(16-5-1)39-31-40(43-22-14-23-45-44-21-10-13-26-50(44)58-51(43)45)33-41(32-39)48-34-47(54-52(55-48)37-17-6-2-7-18-37)36-27-29-38(30-28-36)53-56-46-24-11-12-25-49(46)57(53)42-19-8-3-9-20-42/h1-34H. The highest BCUT2D eigenvalue weighted by Crippen LogP contribution is 2.42. The lowest BCUT2D eigenvalue weighted by Gasteiger charge is -2.14. The number of aromatic nitrogens is 4. The fourth-order valence-electron chi connectivity index (χ4n) is 8.01. The first-order chi connectivity index (χ1) is 28.7. The Kier molecular flexibility index (Phi) is 8.30. The molecular formula is C53H34N4S. The Hall–Kier alpha value is -7.47. The van der Waals surface area contributed by atoms with Crippen LogP contribution < -0.4 is 0 Å². The van der Waals surface area contributed by atoms with Crippen molar-refractivity contribution in [3.63, 3.8) is 0 Å². The van der Waals surface area contributed by atoms with E-state index in [0.717, 1.165) is 72.9 Å². The van der Waals surface area contributed by atoms with Gasteiger partial charge in [-0.3, -0.25) is 4.57 Å². The van der Waals surface area contributed by atoms with Crippen molar-refractivity contribution in [1.82, 2.24) is 19.5 Å². The number of thiophene rings is 1. The molecule has 272 valence electrons. The summed E-state index contributed by atoms with van der Waals surface area (Å²) in [6.45, 7) is 0. The van der Waals surface area contributed by atoms with Crippen LogP contribution in [0.3, 0.4) is 0 Å². The van der Waals surface area contributed by atoms with E-state index in [2.05, 4.69) is 180 Å². The third-order valence-corrected chi connectivity index (χ3v) is 12.0. The predicted molar refractivity (Wildman–Crippen MR) is 242 cm³/mol. The van der Waals surface area contributed by atoms with Crippen LogP contribution >= 0.6 is 11.3 Å². The summed E-state index contributed by atoms with van der Waals surface area (Å²) in [4.78, 5) is 15.6. The van der Waals surface area contributed by atoms with Gasteiger partial charge in [0.25, 0.3) is 0 Å². The lowest BCUT2D eigenvalue weighted by atomic mass is 9.94. The minimum atomic E-state index is 0.682. The second-order valence-electron chi connectivity index (χ2n) is 14.4. The molecule has 8 aromatic carbocycles. The van der Waals surface area contributed by atoms with E-state index in [1.54, 1.807) is 0 Å². The summed E-state index contributed by atoms with van der Waals surface area (Å²) >= 11 is 1.85. The second-order valence-corrected chi connectivity index (χ2v) is 15.5. The average molecular weight is 759 g/mol. The minimum Gasteiger partial charge on any atom is -0.292 e. The fraction of sp³-hybridized carbons (Fsp3) is 0. The third kappa shape index (κ3) is 6.06. The molecule has 0 bridgehead atoms. The van der Waals surface area contributed by atoms with Crippen molar-refractivity contribution in [3.8, 4) is 73.2 Å². The van der Waals surface area contributed by atoms with E-state index in [4.69, 9.17) is 15.0 Å². The Labute approximate surface area is 340 Å². The second kappa shape index (κ2) is 14.2. The molecule has 5 heteroatoms. The highest BCUT2D eigenvalue weighted by molar-refractivity contribution is 7.26. The van der Waals surface area contributed by atoms with Crippen LogP contribution in [0.1, 0.15) is 0 Å². The summed E-state index contributed by atoms with van der Waals surface area (Å²) in [6, 6.07) is 72.6. The van der Waals surface area contributed by atoms with Gasteiger partial charge in [0.05, 0.1) is 22.4 Å². The third-order valence-electron chi connectivity index (χ3n) is 10.8. The Morgan fingerprint density at radius 1 is 0.379 bits per heavy atom. The normalized spacial score (nSPS) is 11.4. The number of rotatable bonds is 7. The van der Waals surface area contributed by atoms with Gasteiger partial charge in [-0.2, -0.15) is 0 Å². The van der Waals surface area contributed by atoms with Crippen molar-refractivity contribution >= 4 is 42.5 Å². The summed E-state index contributed by atoms with van der Waals surface area (Å²) in [6.07, 6.45) is 0. The van der Waals surface area contributed by atoms with Crippen molar-refractivity contribution in [3.05, 3.63) is 206 Å². The average Bonchev–Trinajstić information content (AvgIpc) is 3.89. The van der Waals surface area contributed by atoms with Crippen LogP contribution in [0.25, 0.3) is 104 Å². The van der Waals surface area contributed by atoms with E-state index in [0.29, 0.717) is 5.82 Å². The molecule has 0 N–H and O–H groups in total. The number of hydrogen-bond acceptors (Lipinski definition) is 4. The molecular weight excluding hydrogens is 725 g/mol. The summed E-state index contributed by atoms with van der Waals surface area (Å²) in [5, 5.41) is 2.57. The van der Waals surface area contributed by atoms with Crippen LogP contribution in [0.5, 0.6) is 0 Å². The zero-order valence-electron chi connectivity index (χ0n) is 31.3. The maximum atomic E-state index is 5.28. The SMILES string of the molecule is c1ccc(-c2cc(-c3cc(-c4ccc(-c5nc6ccccc6n5-c5ccccc5)cc4)nc(-c4ccccc4)n3)cc(-c3cccc4c3sc3ccccc34)c2)cc1. The van der Waals surface area contributed by atoms with Gasteiger partial charge in [0.2, 0.25) is 0 Å². The lowest BCUT2D eigenvalue weighted by Crippen LogP contribution is -1.98. The maximum Gasteiger partial charge on any atom is 0.160 e. The van der Waals surface area contributed by atoms with Gasteiger partial charge < -0.3 is 0 Å². The van der Waals surface area contributed by atoms with E-state index in [-0.39, 0.29) is 0 Å². The van der Waals surface area contributed by atoms with E-state index in [9.17, 15) is 0 Å². The highest BCUT2D eigenvalue weighted by atomic mass is 32.1. The summed E-state index contributed by atoms with van der Waals surface area (Å²) in [5.74, 6) is 1.58. The molecule has 0 unspecified atom stereocenters. The van der Waals surface area contributed by atoms with Crippen LogP contribution in [0.4, 0.5) is 0 Å². The molecule has 0 aliphatic carbocycles. The van der Waals surface area contributed by atoms with Gasteiger partial charge in [-0.1, -0.05) is 152 Å². The molecule has 0 amide bonds. The molecule has 0 fully saturated rings. The molecule has 0 saturated heterocycles. The van der Waals surface area contributed by atoms with Gasteiger partial charge in [0.15, 0.2) is 5.82 Å². The number of nitrogens with zero attached hydrogens (tertiary/aromatic N) is 4. The first-order valence-corrected chi connectivity index (χ1v) is 20.2. The Morgan fingerprint density at radius 2 is 0.983 bits per heavy atom. The molecule has 58 heavy (non-hydrogen) atoms. The number of fused-ring (bicyclic) bond motifs is 4. The van der Waals surface area contributed by atoms with Crippen LogP contribution in [0, 0.1) is 0 Å². The molecule has 0 atom stereocenters. The highest BCUT2D eigenvalue weighted by Gasteiger charge is 2.18. The van der Waals surface area contributed by atoms with Crippen molar-refractivity contribution in [2.24, 2.45) is 0 Å². The first kappa shape index (κ1) is 33.8. The molecule has 4 nitrogen and oxygen atoms in total. The van der Waals surface area contributed by atoms with Gasteiger partial charge in [-0.05, 0) is 76.9 Å². The van der Waals surface area contributed by atoms with Gasteiger partial charge in [-0.25, -0.2) is 15.0 Å². The van der Waals surface area contributed by atoms with Crippen molar-refractivity contribution < 1.29 is 0 Å². The summed E-state index contributed by atoms with van der Waals surface area (Å²) in [5.41, 5.74) is 13.5. The number of imidazole rings is 1. The van der Waals surface area contributed by atoms with Gasteiger partial charge >= 0.3 is 0 Å². The molecule has 0 spiro atoms. The molecule has 11 rings (SSSR count). The minimum absolute atomic E-state index is 0.682. The monoisotopic (exact) mass is 758 g/mol. The molecule has 11 aromatic rings. The Balaban J connectivity index is 1.07. The largest absolute Gasteiger partial charge is 0.292 e.